The van der Waals surface area contributed by atoms with Gasteiger partial charge in [0.05, 0.1) is 6.54 Å². The van der Waals surface area contributed by atoms with Crippen molar-refractivity contribution in [2.45, 2.75) is 18.6 Å². The van der Waals surface area contributed by atoms with Crippen LogP contribution in [0.2, 0.25) is 0 Å². The highest BCUT2D eigenvalue weighted by molar-refractivity contribution is 7.99. The second-order valence-corrected chi connectivity index (χ2v) is 5.24. The Balaban J connectivity index is 2.51. The van der Waals surface area contributed by atoms with Crippen molar-refractivity contribution in [3.8, 4) is 0 Å². The maximum atomic E-state index is 13.6. The molecule has 2 rings (SSSR count). The predicted molar refractivity (Wildman–Crippen MR) is 70.9 cm³/mol. The molecule has 21 heavy (non-hydrogen) atoms. The number of aromatic nitrogens is 3. The van der Waals surface area contributed by atoms with Gasteiger partial charge in [-0.3, -0.25) is 9.55 Å². The second-order valence-electron chi connectivity index (χ2n) is 4.01. The van der Waals surface area contributed by atoms with Gasteiger partial charge in [-0.2, -0.15) is 4.98 Å². The van der Waals surface area contributed by atoms with Crippen molar-refractivity contribution in [2.24, 2.45) is 0 Å². The van der Waals surface area contributed by atoms with Crippen LogP contribution < -0.4 is 11.4 Å². The van der Waals surface area contributed by atoms with Gasteiger partial charge in [0.1, 0.15) is 5.82 Å². The van der Waals surface area contributed by atoms with E-state index in [0.29, 0.717) is 17.9 Å². The molecule has 0 bridgehead atoms. The summed E-state index contributed by atoms with van der Waals surface area (Å²) in [5.74, 6) is -3.00. The van der Waals surface area contributed by atoms with Gasteiger partial charge in [0.15, 0.2) is 16.8 Å². The lowest BCUT2D eigenvalue weighted by atomic mass is 10.2. The lowest BCUT2D eigenvalue weighted by Gasteiger charge is -2.10. The average Bonchev–Trinajstić information content (AvgIpc) is 2.39. The fraction of sp³-hybridized carbons (Fsp3) is 0.250. The van der Waals surface area contributed by atoms with Crippen LogP contribution in [0.15, 0.2) is 26.9 Å². The van der Waals surface area contributed by atoms with Gasteiger partial charge in [-0.15, -0.1) is 0 Å². The SMILES string of the molecule is CCSc1nc(=O)[nH]c(=O)n1Cc1cc(F)c(F)cc1F. The smallest absolute Gasteiger partial charge is 0.268 e. The Bertz CT molecular complexity index is 788. The van der Waals surface area contributed by atoms with Crippen molar-refractivity contribution in [1.29, 1.82) is 0 Å². The molecule has 2 aromatic rings. The zero-order valence-electron chi connectivity index (χ0n) is 10.8. The topological polar surface area (TPSA) is 67.8 Å². The molecular weight excluding hydrogens is 307 g/mol. The molecule has 0 aliphatic carbocycles. The van der Waals surface area contributed by atoms with E-state index in [1.165, 1.54) is 0 Å². The summed E-state index contributed by atoms with van der Waals surface area (Å²) in [6.07, 6.45) is 0. The Kier molecular flexibility index (Phi) is 4.51. The summed E-state index contributed by atoms with van der Waals surface area (Å²) in [6, 6.07) is 1.07. The predicted octanol–water partition coefficient (Wildman–Crippen LogP) is 1.51. The van der Waals surface area contributed by atoms with Crippen molar-refractivity contribution < 1.29 is 13.2 Å². The Morgan fingerprint density at radius 3 is 2.52 bits per heavy atom. The van der Waals surface area contributed by atoms with Crippen molar-refractivity contribution in [3.63, 3.8) is 0 Å². The summed E-state index contributed by atoms with van der Waals surface area (Å²) in [4.78, 5) is 28.5. The molecule has 0 atom stereocenters. The quantitative estimate of drug-likeness (QED) is 0.685. The molecule has 0 unspecified atom stereocenters. The van der Waals surface area contributed by atoms with E-state index in [1.807, 2.05) is 4.98 Å². The molecule has 0 aliphatic heterocycles. The fourth-order valence-electron chi connectivity index (χ4n) is 1.65. The molecule has 5 nitrogen and oxygen atoms in total. The zero-order valence-corrected chi connectivity index (χ0v) is 11.6. The van der Waals surface area contributed by atoms with Crippen LogP contribution in [0, 0.1) is 17.5 Å². The van der Waals surface area contributed by atoms with Crippen LogP contribution >= 0.6 is 11.8 Å². The minimum absolute atomic E-state index is 0.0791. The van der Waals surface area contributed by atoms with Gasteiger partial charge < -0.3 is 0 Å². The normalized spacial score (nSPS) is 10.9. The molecule has 112 valence electrons. The summed E-state index contributed by atoms with van der Waals surface area (Å²) in [5, 5.41) is 0.0791. The van der Waals surface area contributed by atoms with Crippen molar-refractivity contribution in [3.05, 3.63) is 56.1 Å². The maximum absolute atomic E-state index is 13.6. The molecule has 0 aliphatic rings. The number of nitrogens with zero attached hydrogens (tertiary/aromatic N) is 2. The number of H-pyrrole nitrogens is 1. The minimum Gasteiger partial charge on any atom is -0.268 e. The van der Waals surface area contributed by atoms with Gasteiger partial charge in [-0.25, -0.2) is 22.8 Å². The van der Waals surface area contributed by atoms with E-state index in [-0.39, 0.29) is 17.3 Å². The van der Waals surface area contributed by atoms with Gasteiger partial charge in [-0.05, 0) is 11.8 Å². The van der Waals surface area contributed by atoms with Gasteiger partial charge >= 0.3 is 11.4 Å². The lowest BCUT2D eigenvalue weighted by Crippen LogP contribution is -2.33. The van der Waals surface area contributed by atoms with Crippen molar-refractivity contribution in [1.82, 2.24) is 14.5 Å². The lowest BCUT2D eigenvalue weighted by molar-refractivity contribution is 0.484. The third-order valence-electron chi connectivity index (χ3n) is 2.58. The average molecular weight is 317 g/mol. The number of benzene rings is 1. The van der Waals surface area contributed by atoms with Crippen LogP contribution in [0.5, 0.6) is 0 Å². The largest absolute Gasteiger partial charge is 0.351 e. The number of rotatable bonds is 4. The summed E-state index contributed by atoms with van der Waals surface area (Å²) < 4.78 is 40.7. The van der Waals surface area contributed by atoms with E-state index in [2.05, 4.69) is 4.98 Å². The molecule has 1 aromatic carbocycles. The van der Waals surface area contributed by atoms with Gasteiger partial charge in [0.2, 0.25) is 0 Å². The molecule has 0 fully saturated rings. The van der Waals surface area contributed by atoms with Gasteiger partial charge in [-0.1, -0.05) is 18.7 Å². The molecular formula is C12H10F3N3O2S. The molecule has 0 saturated heterocycles. The zero-order chi connectivity index (χ0) is 15.6. The van der Waals surface area contributed by atoms with Crippen LogP contribution in [-0.4, -0.2) is 20.3 Å². The van der Waals surface area contributed by atoms with Gasteiger partial charge in [0, 0.05) is 11.6 Å². The second kappa shape index (κ2) is 6.17. The highest BCUT2D eigenvalue weighted by atomic mass is 32.2. The van der Waals surface area contributed by atoms with Crippen molar-refractivity contribution >= 4 is 11.8 Å². The Morgan fingerprint density at radius 2 is 1.86 bits per heavy atom. The molecule has 0 amide bonds. The first kappa shape index (κ1) is 15.4. The van der Waals surface area contributed by atoms with Gasteiger partial charge in [0.25, 0.3) is 0 Å². The molecule has 0 saturated carbocycles. The number of hydrogen-bond donors (Lipinski definition) is 1. The molecule has 1 aromatic heterocycles. The van der Waals surface area contributed by atoms with E-state index >= 15 is 0 Å². The summed E-state index contributed by atoms with van der Waals surface area (Å²) >= 11 is 1.10. The van der Waals surface area contributed by atoms with Crippen LogP contribution in [0.25, 0.3) is 0 Å². The Morgan fingerprint density at radius 1 is 1.19 bits per heavy atom. The van der Waals surface area contributed by atoms with E-state index in [9.17, 15) is 22.8 Å². The first-order valence-corrected chi connectivity index (χ1v) is 6.88. The van der Waals surface area contributed by atoms with Crippen LogP contribution in [-0.2, 0) is 6.54 Å². The van der Waals surface area contributed by atoms with Crippen LogP contribution in [0.3, 0.4) is 0 Å². The van der Waals surface area contributed by atoms with E-state index < -0.39 is 28.8 Å². The first-order chi connectivity index (χ1) is 9.92. The van der Waals surface area contributed by atoms with E-state index in [1.54, 1.807) is 6.92 Å². The molecule has 1 N–H and O–H groups in total. The molecule has 1 heterocycles. The Hall–Kier alpha value is -2.03. The Labute approximate surface area is 120 Å². The number of hydrogen-bond acceptors (Lipinski definition) is 4. The fourth-order valence-corrected chi connectivity index (χ4v) is 2.36. The molecule has 0 radical (unpaired) electrons. The monoisotopic (exact) mass is 317 g/mol. The standard InChI is InChI=1S/C12H10F3N3O2S/c1-2-21-12-17-10(19)16-11(20)18(12)5-6-3-8(14)9(15)4-7(6)13/h3-4H,2,5H2,1H3,(H,16,19,20). The summed E-state index contributed by atoms with van der Waals surface area (Å²) in [5.41, 5.74) is -1.84. The summed E-state index contributed by atoms with van der Waals surface area (Å²) in [7, 11) is 0. The highest BCUT2D eigenvalue weighted by Gasteiger charge is 2.14. The summed E-state index contributed by atoms with van der Waals surface area (Å²) in [6.45, 7) is 1.41. The van der Waals surface area contributed by atoms with E-state index in [4.69, 9.17) is 0 Å². The van der Waals surface area contributed by atoms with Crippen LogP contribution in [0.1, 0.15) is 12.5 Å². The number of nitrogens with one attached hydrogen (secondary N) is 1. The third kappa shape index (κ3) is 3.35. The number of thioether (sulfide) groups is 1. The molecule has 9 heteroatoms. The van der Waals surface area contributed by atoms with Crippen molar-refractivity contribution in [2.75, 3.05) is 5.75 Å². The highest BCUT2D eigenvalue weighted by Crippen LogP contribution is 2.17. The first-order valence-electron chi connectivity index (χ1n) is 5.89. The van der Waals surface area contributed by atoms with E-state index in [0.717, 1.165) is 16.3 Å². The third-order valence-corrected chi connectivity index (χ3v) is 3.44. The minimum atomic E-state index is -1.31. The number of aromatic amines is 1. The van der Waals surface area contributed by atoms with Crippen LogP contribution in [0.4, 0.5) is 13.2 Å². The number of halogens is 3. The maximum Gasteiger partial charge on any atom is 0.351 e. The molecule has 0 spiro atoms.